The highest BCUT2D eigenvalue weighted by atomic mass is 35.5. The summed E-state index contributed by atoms with van der Waals surface area (Å²) in [5.74, 6) is 3.59. The van der Waals surface area contributed by atoms with E-state index in [-0.39, 0.29) is 6.61 Å². The van der Waals surface area contributed by atoms with E-state index in [9.17, 15) is 0 Å². The summed E-state index contributed by atoms with van der Waals surface area (Å²) < 4.78 is 27.5. The first-order valence-corrected chi connectivity index (χ1v) is 9.81. The number of alkyl halides is 1. The van der Waals surface area contributed by atoms with Crippen LogP contribution in [0.2, 0.25) is 0 Å². The molecule has 7 heteroatoms. The smallest absolute Gasteiger partial charge is 0.127 e. The number of rotatable bonds is 15. The lowest BCUT2D eigenvalue weighted by molar-refractivity contribution is 0.0247. The van der Waals surface area contributed by atoms with E-state index in [0.717, 1.165) is 29.4 Å². The molecule has 28 heavy (non-hydrogen) atoms. The minimum absolute atomic E-state index is 0.0254. The summed E-state index contributed by atoms with van der Waals surface area (Å²) in [4.78, 5) is 0. The van der Waals surface area contributed by atoms with Crippen LogP contribution in [0.3, 0.4) is 0 Å². The molecule has 0 saturated heterocycles. The third-order valence-electron chi connectivity index (χ3n) is 3.53. The predicted molar refractivity (Wildman–Crippen MR) is 108 cm³/mol. The lowest BCUT2D eigenvalue weighted by Gasteiger charge is -2.10. The van der Waals surface area contributed by atoms with Crippen LogP contribution < -0.4 is 14.2 Å². The van der Waals surface area contributed by atoms with Gasteiger partial charge in [-0.1, -0.05) is 0 Å². The third kappa shape index (κ3) is 9.28. The lowest BCUT2D eigenvalue weighted by Crippen LogP contribution is -2.11. The van der Waals surface area contributed by atoms with Crippen molar-refractivity contribution in [1.29, 1.82) is 0 Å². The minimum atomic E-state index is 0.0254. The highest BCUT2D eigenvalue weighted by Gasteiger charge is 2.01. The van der Waals surface area contributed by atoms with Crippen LogP contribution in [0.1, 0.15) is 6.42 Å². The molecule has 2 rings (SSSR count). The maximum atomic E-state index is 8.58. The van der Waals surface area contributed by atoms with Crippen LogP contribution in [0.5, 0.6) is 23.0 Å². The molecule has 0 heterocycles. The Morgan fingerprint density at radius 3 is 1.61 bits per heavy atom. The van der Waals surface area contributed by atoms with Gasteiger partial charge in [0.15, 0.2) is 0 Å². The Morgan fingerprint density at radius 1 is 0.607 bits per heavy atom. The van der Waals surface area contributed by atoms with Crippen molar-refractivity contribution >= 4 is 11.6 Å². The fraction of sp³-hybridized carbons (Fsp3) is 0.429. The predicted octanol–water partition coefficient (Wildman–Crippen LogP) is 3.89. The van der Waals surface area contributed by atoms with Crippen LogP contribution in [-0.2, 0) is 9.47 Å². The summed E-state index contributed by atoms with van der Waals surface area (Å²) in [6.45, 7) is 2.83. The van der Waals surface area contributed by atoms with Gasteiger partial charge in [0.05, 0.1) is 39.6 Å². The van der Waals surface area contributed by atoms with Gasteiger partial charge in [0.2, 0.25) is 0 Å². The molecule has 0 atom stereocenters. The Hall–Kier alpha value is -1.99. The van der Waals surface area contributed by atoms with Gasteiger partial charge in [-0.15, -0.1) is 11.6 Å². The van der Waals surface area contributed by atoms with Crippen LogP contribution >= 0.6 is 11.6 Å². The zero-order valence-corrected chi connectivity index (χ0v) is 16.6. The first kappa shape index (κ1) is 22.3. The molecular weight excluding hydrogens is 384 g/mol. The van der Waals surface area contributed by atoms with E-state index in [4.69, 9.17) is 40.4 Å². The number of benzene rings is 2. The second-order valence-electron chi connectivity index (χ2n) is 5.73. The lowest BCUT2D eigenvalue weighted by atomic mass is 10.3. The first-order valence-electron chi connectivity index (χ1n) is 9.27. The highest BCUT2D eigenvalue weighted by molar-refractivity contribution is 6.17. The third-order valence-corrected chi connectivity index (χ3v) is 3.80. The summed E-state index contributed by atoms with van der Waals surface area (Å²) >= 11 is 5.63. The molecule has 0 aliphatic carbocycles. The van der Waals surface area contributed by atoms with Crippen molar-refractivity contribution in [3.8, 4) is 23.0 Å². The molecule has 6 nitrogen and oxygen atoms in total. The Bertz CT molecular complexity index is 632. The highest BCUT2D eigenvalue weighted by Crippen LogP contribution is 2.25. The standard InChI is InChI=1S/C21H27ClO6/c22-10-1-12-26-18-2-6-20(7-3-18)28-21-8-4-19(5-9-21)27-17-16-25-15-14-24-13-11-23/h2-9,23H,1,10-17H2. The van der Waals surface area contributed by atoms with Crippen molar-refractivity contribution in [2.45, 2.75) is 6.42 Å². The van der Waals surface area contributed by atoms with Crippen molar-refractivity contribution in [2.75, 3.05) is 52.1 Å². The van der Waals surface area contributed by atoms with Crippen molar-refractivity contribution in [2.24, 2.45) is 0 Å². The molecule has 0 radical (unpaired) electrons. The van der Waals surface area contributed by atoms with E-state index in [1.165, 1.54) is 0 Å². The minimum Gasteiger partial charge on any atom is -0.494 e. The fourth-order valence-electron chi connectivity index (χ4n) is 2.19. The molecule has 0 aliphatic heterocycles. The number of aliphatic hydroxyl groups excluding tert-OH is 1. The van der Waals surface area contributed by atoms with E-state index in [0.29, 0.717) is 45.5 Å². The molecule has 0 saturated carbocycles. The average Bonchev–Trinajstić information content (AvgIpc) is 2.73. The van der Waals surface area contributed by atoms with Crippen molar-refractivity contribution < 1.29 is 28.8 Å². The molecule has 0 amide bonds. The van der Waals surface area contributed by atoms with Gasteiger partial charge in [0, 0.05) is 5.88 Å². The van der Waals surface area contributed by atoms with Crippen LogP contribution in [0.25, 0.3) is 0 Å². The molecule has 0 aliphatic rings. The largest absolute Gasteiger partial charge is 0.494 e. The summed E-state index contributed by atoms with van der Waals surface area (Å²) in [7, 11) is 0. The van der Waals surface area contributed by atoms with Gasteiger partial charge < -0.3 is 28.8 Å². The maximum absolute atomic E-state index is 8.58. The summed E-state index contributed by atoms with van der Waals surface area (Å²) in [5.41, 5.74) is 0. The first-order chi connectivity index (χ1) is 13.8. The number of halogens is 1. The Balaban J connectivity index is 1.65. The molecule has 0 unspecified atom stereocenters. The molecule has 154 valence electrons. The molecule has 0 aromatic heterocycles. The molecule has 0 bridgehead atoms. The fourth-order valence-corrected chi connectivity index (χ4v) is 2.30. The second-order valence-corrected chi connectivity index (χ2v) is 6.11. The molecule has 1 N–H and O–H groups in total. The van der Waals surface area contributed by atoms with Gasteiger partial charge in [-0.05, 0) is 55.0 Å². The van der Waals surface area contributed by atoms with Crippen molar-refractivity contribution in [3.63, 3.8) is 0 Å². The zero-order chi connectivity index (χ0) is 19.9. The summed E-state index contributed by atoms with van der Waals surface area (Å²) in [6, 6.07) is 14.9. The second kappa shape index (κ2) is 14.1. The number of ether oxygens (including phenoxy) is 5. The van der Waals surface area contributed by atoms with Gasteiger partial charge in [-0.3, -0.25) is 0 Å². The SMILES string of the molecule is OCCOCCOCCOc1ccc(Oc2ccc(OCCCCl)cc2)cc1. The van der Waals surface area contributed by atoms with Crippen LogP contribution in [0.4, 0.5) is 0 Å². The van der Waals surface area contributed by atoms with Gasteiger partial charge >= 0.3 is 0 Å². The molecule has 0 spiro atoms. The zero-order valence-electron chi connectivity index (χ0n) is 15.8. The Morgan fingerprint density at radius 2 is 1.07 bits per heavy atom. The monoisotopic (exact) mass is 410 g/mol. The summed E-state index contributed by atoms with van der Waals surface area (Å²) in [6.07, 6.45) is 0.819. The average molecular weight is 411 g/mol. The van der Waals surface area contributed by atoms with E-state index in [2.05, 4.69) is 0 Å². The Labute approximate surface area is 170 Å². The normalized spacial score (nSPS) is 10.6. The van der Waals surface area contributed by atoms with Gasteiger partial charge in [0.1, 0.15) is 29.6 Å². The van der Waals surface area contributed by atoms with E-state index < -0.39 is 0 Å². The van der Waals surface area contributed by atoms with Gasteiger partial charge in [0.25, 0.3) is 0 Å². The molecule has 2 aromatic rings. The molecule has 0 fully saturated rings. The summed E-state index contributed by atoms with van der Waals surface area (Å²) in [5, 5.41) is 8.58. The Kier molecular flexibility index (Phi) is 11.2. The van der Waals surface area contributed by atoms with E-state index in [1.807, 2.05) is 48.5 Å². The topological polar surface area (TPSA) is 66.4 Å². The maximum Gasteiger partial charge on any atom is 0.127 e. The van der Waals surface area contributed by atoms with Crippen LogP contribution in [-0.4, -0.2) is 57.2 Å². The molecule has 2 aromatic carbocycles. The number of hydrogen-bond donors (Lipinski definition) is 1. The molecular formula is C21H27ClO6. The number of hydrogen-bond acceptors (Lipinski definition) is 6. The van der Waals surface area contributed by atoms with E-state index >= 15 is 0 Å². The van der Waals surface area contributed by atoms with Crippen LogP contribution in [0.15, 0.2) is 48.5 Å². The van der Waals surface area contributed by atoms with Crippen LogP contribution in [0, 0.1) is 0 Å². The van der Waals surface area contributed by atoms with Crippen molar-refractivity contribution in [1.82, 2.24) is 0 Å². The van der Waals surface area contributed by atoms with Gasteiger partial charge in [-0.25, -0.2) is 0 Å². The number of aliphatic hydroxyl groups is 1. The van der Waals surface area contributed by atoms with Gasteiger partial charge in [-0.2, -0.15) is 0 Å². The quantitative estimate of drug-likeness (QED) is 0.355. The van der Waals surface area contributed by atoms with Crippen molar-refractivity contribution in [3.05, 3.63) is 48.5 Å². The van der Waals surface area contributed by atoms with E-state index in [1.54, 1.807) is 0 Å².